The minimum atomic E-state index is -2.61. The summed E-state index contributed by atoms with van der Waals surface area (Å²) in [5.41, 5.74) is 0.120. The summed E-state index contributed by atoms with van der Waals surface area (Å²) in [4.78, 5) is 28.9. The number of hydrogen-bond acceptors (Lipinski definition) is 5. The summed E-state index contributed by atoms with van der Waals surface area (Å²) in [5, 5.41) is 12.1. The highest BCUT2D eigenvalue weighted by Crippen LogP contribution is 2.56. The number of fused-ring (bicyclic) bond motifs is 1. The molecule has 0 radical (unpaired) electrons. The number of aromatic amines is 1. The Balaban J connectivity index is 1.40. The maximum Gasteiger partial charge on any atom is 0.276 e. The second kappa shape index (κ2) is 4.99. The van der Waals surface area contributed by atoms with Crippen LogP contribution in [-0.2, 0) is 0 Å². The molecule has 4 heterocycles. The molecule has 1 saturated heterocycles. The van der Waals surface area contributed by atoms with Gasteiger partial charge in [0.1, 0.15) is 5.52 Å². The number of halogens is 2. The summed E-state index contributed by atoms with van der Waals surface area (Å²) in [6.07, 6.45) is 1.29. The van der Waals surface area contributed by atoms with E-state index >= 15 is 0 Å². The summed E-state index contributed by atoms with van der Waals surface area (Å²) < 4.78 is 28.9. The van der Waals surface area contributed by atoms with E-state index < -0.39 is 11.3 Å². The lowest BCUT2D eigenvalue weighted by molar-refractivity contribution is -0.204. The predicted molar refractivity (Wildman–Crippen MR) is 88.0 cm³/mol. The SMILES string of the molecule is Cc1c(C(=O)N2CC3(C2)CC(F)(F)C3)nnn1-c1nn2cccc2c(=O)[nH]1. The van der Waals surface area contributed by atoms with E-state index in [0.717, 1.165) is 0 Å². The number of carbonyl (C=O) groups is 1. The molecule has 1 spiro atoms. The summed E-state index contributed by atoms with van der Waals surface area (Å²) in [6.45, 7) is 2.25. The largest absolute Gasteiger partial charge is 0.336 e. The monoisotopic (exact) mass is 375 g/mol. The molecule has 1 amide bonds. The van der Waals surface area contributed by atoms with Crippen molar-refractivity contribution in [2.75, 3.05) is 13.1 Å². The number of alkyl halides is 2. The van der Waals surface area contributed by atoms with Crippen LogP contribution in [-0.4, -0.2) is 59.4 Å². The Kier molecular flexibility index (Phi) is 2.97. The van der Waals surface area contributed by atoms with Crippen LogP contribution in [0, 0.1) is 12.3 Å². The minimum Gasteiger partial charge on any atom is -0.336 e. The van der Waals surface area contributed by atoms with Crippen molar-refractivity contribution in [1.82, 2.24) is 34.5 Å². The Morgan fingerprint density at radius 2 is 2.04 bits per heavy atom. The fraction of sp³-hybridized carbons (Fsp3) is 0.438. The Bertz CT molecular complexity index is 1130. The minimum absolute atomic E-state index is 0.117. The van der Waals surface area contributed by atoms with E-state index in [1.807, 2.05) is 0 Å². The molecule has 140 valence electrons. The van der Waals surface area contributed by atoms with E-state index in [4.69, 9.17) is 0 Å². The lowest BCUT2D eigenvalue weighted by atomic mass is 9.61. The third kappa shape index (κ3) is 2.30. The molecule has 9 nitrogen and oxygen atoms in total. The standard InChI is InChI=1S/C16H15F2N7O2/c1-9-11(13(27)23-7-15(8-23)5-16(17,18)6-15)20-22-25(9)14-19-12(26)10-3-2-4-24(10)21-14/h2-4H,5-8H2,1H3,(H,19,21,26). The van der Waals surface area contributed by atoms with Gasteiger partial charge in [-0.25, -0.2) is 13.3 Å². The second-order valence-corrected chi connectivity index (χ2v) is 7.42. The molecule has 1 aliphatic carbocycles. The van der Waals surface area contributed by atoms with E-state index in [1.54, 1.807) is 25.3 Å². The van der Waals surface area contributed by atoms with Gasteiger partial charge >= 0.3 is 0 Å². The molecule has 5 rings (SSSR count). The third-order valence-corrected chi connectivity index (χ3v) is 5.29. The first-order valence-electron chi connectivity index (χ1n) is 8.45. The van der Waals surface area contributed by atoms with Crippen LogP contribution in [0.25, 0.3) is 11.5 Å². The average molecular weight is 375 g/mol. The number of H-pyrrole nitrogens is 1. The van der Waals surface area contributed by atoms with Crippen molar-refractivity contribution in [2.24, 2.45) is 5.41 Å². The topological polar surface area (TPSA) is 101 Å². The van der Waals surface area contributed by atoms with Crippen molar-refractivity contribution in [3.05, 3.63) is 40.1 Å². The van der Waals surface area contributed by atoms with Crippen LogP contribution >= 0.6 is 0 Å². The fourth-order valence-corrected chi connectivity index (χ4v) is 4.08. The van der Waals surface area contributed by atoms with E-state index in [0.29, 0.717) is 24.3 Å². The number of nitrogens with one attached hydrogen (secondary N) is 1. The fourth-order valence-electron chi connectivity index (χ4n) is 4.08. The van der Waals surface area contributed by atoms with Gasteiger partial charge in [-0.15, -0.1) is 10.2 Å². The zero-order valence-electron chi connectivity index (χ0n) is 14.3. The Labute approximate surface area is 150 Å². The smallest absolute Gasteiger partial charge is 0.276 e. The number of aromatic nitrogens is 6. The van der Waals surface area contributed by atoms with E-state index in [-0.39, 0.29) is 36.0 Å². The molecular formula is C16H15F2N7O2. The zero-order valence-corrected chi connectivity index (χ0v) is 14.3. The molecule has 0 atom stereocenters. The number of nitrogens with zero attached hydrogens (tertiary/aromatic N) is 6. The maximum atomic E-state index is 13.1. The van der Waals surface area contributed by atoms with Crippen LogP contribution in [0.15, 0.2) is 23.1 Å². The van der Waals surface area contributed by atoms with Gasteiger partial charge in [-0.1, -0.05) is 5.21 Å². The molecule has 0 aromatic carbocycles. The lowest BCUT2D eigenvalue weighted by Gasteiger charge is -2.58. The van der Waals surface area contributed by atoms with Gasteiger partial charge in [-0.2, -0.15) is 4.68 Å². The molecule has 11 heteroatoms. The van der Waals surface area contributed by atoms with Gasteiger partial charge in [-0.3, -0.25) is 14.6 Å². The predicted octanol–water partition coefficient (Wildman–Crippen LogP) is 0.783. The van der Waals surface area contributed by atoms with E-state index in [1.165, 1.54) is 14.1 Å². The molecule has 3 aromatic rings. The number of carbonyl (C=O) groups excluding carboxylic acids is 1. The lowest BCUT2D eigenvalue weighted by Crippen LogP contribution is -2.66. The zero-order chi connectivity index (χ0) is 19.0. The molecule has 3 aromatic heterocycles. The average Bonchev–Trinajstić information content (AvgIpc) is 3.16. The first kappa shape index (κ1) is 16.1. The maximum absolute atomic E-state index is 13.1. The van der Waals surface area contributed by atoms with Crippen molar-refractivity contribution in [2.45, 2.75) is 25.7 Å². The van der Waals surface area contributed by atoms with Crippen molar-refractivity contribution >= 4 is 11.4 Å². The van der Waals surface area contributed by atoms with Gasteiger partial charge in [0.05, 0.1) is 5.69 Å². The second-order valence-electron chi connectivity index (χ2n) is 7.42. The highest BCUT2D eigenvalue weighted by Gasteiger charge is 2.62. The van der Waals surface area contributed by atoms with Gasteiger partial charge in [0, 0.05) is 37.5 Å². The molecular weight excluding hydrogens is 360 g/mol. The van der Waals surface area contributed by atoms with Crippen molar-refractivity contribution in [1.29, 1.82) is 0 Å². The summed E-state index contributed by atoms with van der Waals surface area (Å²) in [6, 6.07) is 3.32. The summed E-state index contributed by atoms with van der Waals surface area (Å²) in [7, 11) is 0. The summed E-state index contributed by atoms with van der Waals surface area (Å²) >= 11 is 0. The van der Waals surface area contributed by atoms with Gasteiger partial charge in [0.2, 0.25) is 5.92 Å². The van der Waals surface area contributed by atoms with Crippen LogP contribution in [0.3, 0.4) is 0 Å². The highest BCUT2D eigenvalue weighted by molar-refractivity contribution is 5.94. The Morgan fingerprint density at radius 1 is 1.30 bits per heavy atom. The normalized spacial score (nSPS) is 19.9. The van der Waals surface area contributed by atoms with Crippen LogP contribution in [0.5, 0.6) is 0 Å². The molecule has 2 aliphatic rings. The van der Waals surface area contributed by atoms with Crippen LogP contribution in [0.1, 0.15) is 29.0 Å². The number of hydrogen-bond donors (Lipinski definition) is 1. The molecule has 2 fully saturated rings. The Hall–Kier alpha value is -3.11. The molecule has 1 saturated carbocycles. The first-order chi connectivity index (χ1) is 12.8. The first-order valence-corrected chi connectivity index (χ1v) is 8.45. The van der Waals surface area contributed by atoms with Crippen molar-refractivity contribution < 1.29 is 13.6 Å². The van der Waals surface area contributed by atoms with Crippen LogP contribution in [0.2, 0.25) is 0 Å². The van der Waals surface area contributed by atoms with Crippen LogP contribution in [0.4, 0.5) is 8.78 Å². The number of likely N-dealkylation sites (tertiary alicyclic amines) is 1. The van der Waals surface area contributed by atoms with Gasteiger partial charge in [-0.05, 0) is 19.1 Å². The molecule has 1 N–H and O–H groups in total. The molecule has 27 heavy (non-hydrogen) atoms. The van der Waals surface area contributed by atoms with E-state index in [2.05, 4.69) is 20.4 Å². The van der Waals surface area contributed by atoms with Gasteiger partial charge < -0.3 is 4.90 Å². The third-order valence-electron chi connectivity index (χ3n) is 5.29. The van der Waals surface area contributed by atoms with Crippen LogP contribution < -0.4 is 5.56 Å². The Morgan fingerprint density at radius 3 is 2.74 bits per heavy atom. The number of amides is 1. The molecule has 1 aliphatic heterocycles. The number of rotatable bonds is 2. The molecule has 0 bridgehead atoms. The quantitative estimate of drug-likeness (QED) is 0.713. The highest BCUT2D eigenvalue weighted by atomic mass is 19.3. The molecule has 0 unspecified atom stereocenters. The summed E-state index contributed by atoms with van der Waals surface area (Å²) in [5.74, 6) is -2.83. The van der Waals surface area contributed by atoms with Gasteiger partial charge in [0.25, 0.3) is 17.4 Å². The van der Waals surface area contributed by atoms with Gasteiger partial charge in [0.15, 0.2) is 5.69 Å². The van der Waals surface area contributed by atoms with E-state index in [9.17, 15) is 18.4 Å². The van der Waals surface area contributed by atoms with Crippen molar-refractivity contribution in [3.63, 3.8) is 0 Å². The van der Waals surface area contributed by atoms with Crippen molar-refractivity contribution in [3.8, 4) is 5.95 Å².